The Balaban J connectivity index is 0.000000280. The fourth-order valence-corrected chi connectivity index (χ4v) is 5.50. The zero-order chi connectivity index (χ0) is 46.5. The van der Waals surface area contributed by atoms with E-state index in [0.29, 0.717) is 22.8 Å². The number of benzene rings is 2. The third-order valence-electron chi connectivity index (χ3n) is 8.69. The third kappa shape index (κ3) is 14.8. The molecule has 65 heavy (non-hydrogen) atoms. The van der Waals surface area contributed by atoms with Crippen molar-refractivity contribution >= 4 is 130 Å². The number of aliphatic carboxylic acids is 4. The number of aromatic amines is 2. The molecule has 4 heterocycles. The van der Waals surface area contributed by atoms with E-state index in [1.54, 1.807) is 24.3 Å². The second-order valence-electron chi connectivity index (χ2n) is 13.4. The van der Waals surface area contributed by atoms with Gasteiger partial charge in [0.05, 0.1) is 36.9 Å². The third-order valence-corrected chi connectivity index (χ3v) is 8.69. The van der Waals surface area contributed by atoms with E-state index in [1.165, 1.54) is 36.7 Å². The molecule has 26 nitrogen and oxygen atoms in total. The van der Waals surface area contributed by atoms with Crippen molar-refractivity contribution in [1.82, 2.24) is 50.5 Å². The van der Waals surface area contributed by atoms with Crippen molar-refractivity contribution in [2.75, 3.05) is 22.1 Å². The largest absolute Gasteiger partial charge is 2.00 e. The summed E-state index contributed by atoms with van der Waals surface area (Å²) in [4.78, 5) is 121. The van der Waals surface area contributed by atoms with E-state index in [-0.39, 0.29) is 120 Å². The van der Waals surface area contributed by atoms with Crippen molar-refractivity contribution in [1.29, 1.82) is 0 Å². The minimum atomic E-state index is -1.40. The monoisotopic (exact) mass is 1020 g/mol. The number of rotatable bonds is 18. The first kappa shape index (κ1) is 50.1. The first-order valence-electron chi connectivity index (χ1n) is 18.6. The number of carboxylic acids is 4. The van der Waals surface area contributed by atoms with Gasteiger partial charge in [0.15, 0.2) is 22.3 Å². The normalized spacial score (nSPS) is 11.4. The Morgan fingerprint density at radius 1 is 0.600 bits per heavy atom. The summed E-state index contributed by atoms with van der Waals surface area (Å²) in [5.41, 5.74) is 12.9. The molecule has 0 aliphatic heterocycles. The molecule has 6 aromatic rings. The van der Waals surface area contributed by atoms with E-state index in [0.717, 1.165) is 0 Å². The van der Waals surface area contributed by atoms with Crippen LogP contribution in [0, 0.1) is 0 Å². The Labute approximate surface area is 404 Å². The quantitative estimate of drug-likeness (QED) is 0.0380. The molecular formula is C38H36BaN14O12. The smallest absolute Gasteiger partial charge is 0.550 e. The Hall–Kier alpha value is -7.53. The zero-order valence-electron chi connectivity index (χ0n) is 33.7. The molecule has 0 saturated carbocycles. The van der Waals surface area contributed by atoms with Crippen LogP contribution in [0.3, 0.4) is 0 Å². The Bertz CT molecular complexity index is 2650. The number of H-pyrrole nitrogens is 2. The Morgan fingerprint density at radius 2 is 0.954 bits per heavy atom. The van der Waals surface area contributed by atoms with Gasteiger partial charge in [-0.2, -0.15) is 9.97 Å². The number of carbonyl (C=O) groups is 6. The number of nitrogen functional groups attached to an aromatic ring is 2. The van der Waals surface area contributed by atoms with Gasteiger partial charge < -0.3 is 62.7 Å². The molecule has 0 bridgehead atoms. The predicted octanol–water partition coefficient (Wildman–Crippen LogP) is -3.14. The molecule has 0 saturated heterocycles. The average Bonchev–Trinajstić information content (AvgIpc) is 3.25. The summed E-state index contributed by atoms with van der Waals surface area (Å²) in [6, 6.07) is 9.56. The second kappa shape index (κ2) is 23.2. The molecule has 6 rings (SSSR count). The van der Waals surface area contributed by atoms with Gasteiger partial charge in [0.2, 0.25) is 11.9 Å². The fraction of sp³-hybridized carbons (Fsp3) is 0.211. The maximum atomic E-state index is 12.3. The summed E-state index contributed by atoms with van der Waals surface area (Å²) in [6.45, 7) is 0.450. The van der Waals surface area contributed by atoms with Crippen LogP contribution in [0.2, 0.25) is 0 Å². The SMILES string of the molecule is Nc1nc2ncc(CNc3ccc(C(=O)N[C@@H](CCC(=O)[O-])C(=O)O)cc3)nc2c(=O)[nH]1.Nc1nc2ncc(CNc3ccc(C(=O)N[C@@H](CCC(=O)[O-])C(=O)O)cc3)nc2c(=O)[nH]1.[Ba+2]. The minimum absolute atomic E-state index is 0. The molecule has 2 amide bonds. The van der Waals surface area contributed by atoms with Crippen LogP contribution < -0.4 is 54.1 Å². The van der Waals surface area contributed by atoms with Crippen LogP contribution in [0.4, 0.5) is 23.3 Å². The van der Waals surface area contributed by atoms with Gasteiger partial charge in [-0.05, 0) is 74.2 Å². The minimum Gasteiger partial charge on any atom is -0.550 e. The van der Waals surface area contributed by atoms with Gasteiger partial charge in [0.25, 0.3) is 22.9 Å². The number of hydrogen-bond acceptors (Lipinski definition) is 20. The number of fused-ring (bicyclic) bond motifs is 2. The van der Waals surface area contributed by atoms with Crippen molar-refractivity contribution in [2.24, 2.45) is 0 Å². The topological polar surface area (TPSA) is 432 Å². The van der Waals surface area contributed by atoms with Crippen molar-refractivity contribution in [2.45, 2.75) is 50.9 Å². The summed E-state index contributed by atoms with van der Waals surface area (Å²) < 4.78 is 0. The number of amides is 2. The van der Waals surface area contributed by atoms with Crippen LogP contribution in [-0.4, -0.2) is 147 Å². The molecule has 0 radical (unpaired) electrons. The van der Waals surface area contributed by atoms with Crippen LogP contribution in [0.5, 0.6) is 0 Å². The predicted molar refractivity (Wildman–Crippen MR) is 224 cm³/mol. The molecule has 0 aliphatic rings. The van der Waals surface area contributed by atoms with E-state index in [9.17, 15) is 48.6 Å². The molecule has 27 heteroatoms. The van der Waals surface area contributed by atoms with Gasteiger partial charge in [0.1, 0.15) is 12.1 Å². The van der Waals surface area contributed by atoms with Crippen molar-refractivity contribution in [3.63, 3.8) is 0 Å². The number of carboxylic acid groups (broad SMARTS) is 4. The number of nitrogens with one attached hydrogen (secondary N) is 6. The molecule has 0 fully saturated rings. The van der Waals surface area contributed by atoms with Gasteiger partial charge in [-0.3, -0.25) is 29.1 Å². The van der Waals surface area contributed by atoms with Gasteiger partial charge in [0, 0.05) is 34.4 Å². The van der Waals surface area contributed by atoms with Crippen LogP contribution in [0.1, 0.15) is 57.8 Å². The number of aromatic nitrogens is 8. The van der Waals surface area contributed by atoms with E-state index < -0.39 is 71.7 Å². The molecule has 4 aromatic heterocycles. The second-order valence-corrected chi connectivity index (χ2v) is 13.4. The van der Waals surface area contributed by atoms with Crippen molar-refractivity contribution in [3.05, 3.63) is 104 Å². The van der Waals surface area contributed by atoms with E-state index in [1.807, 2.05) is 0 Å². The van der Waals surface area contributed by atoms with E-state index >= 15 is 0 Å². The number of anilines is 4. The Morgan fingerprint density at radius 3 is 1.28 bits per heavy atom. The first-order chi connectivity index (χ1) is 30.4. The van der Waals surface area contributed by atoms with Crippen LogP contribution in [0.15, 0.2) is 70.5 Å². The van der Waals surface area contributed by atoms with Crippen LogP contribution in [0.25, 0.3) is 22.3 Å². The molecule has 0 unspecified atom stereocenters. The maximum Gasteiger partial charge on any atom is 2.00 e. The number of carbonyl (C=O) groups excluding carboxylic acids is 4. The zero-order valence-corrected chi connectivity index (χ0v) is 38.1. The van der Waals surface area contributed by atoms with E-state index in [4.69, 9.17) is 21.7 Å². The summed E-state index contributed by atoms with van der Waals surface area (Å²) in [7, 11) is 0. The van der Waals surface area contributed by atoms with Crippen molar-refractivity contribution < 1.29 is 49.2 Å². The Kier molecular flexibility index (Phi) is 17.9. The molecule has 0 spiro atoms. The summed E-state index contributed by atoms with van der Waals surface area (Å²) in [5.74, 6) is -6.91. The summed E-state index contributed by atoms with van der Waals surface area (Å²) in [5, 5.41) is 49.9. The van der Waals surface area contributed by atoms with Crippen LogP contribution in [-0.2, 0) is 32.3 Å². The number of hydrogen-bond donors (Lipinski definition) is 10. The fourth-order valence-electron chi connectivity index (χ4n) is 5.50. The van der Waals surface area contributed by atoms with Gasteiger partial charge in [-0.1, -0.05) is 0 Å². The van der Waals surface area contributed by atoms with E-state index in [2.05, 4.69) is 61.1 Å². The van der Waals surface area contributed by atoms with Crippen molar-refractivity contribution in [3.8, 4) is 0 Å². The molecule has 2 aromatic carbocycles. The molecule has 2 atom stereocenters. The molecule has 332 valence electrons. The van der Waals surface area contributed by atoms with Gasteiger partial charge in [-0.25, -0.2) is 29.5 Å². The number of nitrogens with two attached hydrogens (primary N) is 2. The van der Waals surface area contributed by atoms with Gasteiger partial charge in [-0.15, -0.1) is 0 Å². The maximum absolute atomic E-state index is 12.3. The number of nitrogens with zero attached hydrogens (tertiary/aromatic N) is 6. The average molecular weight is 1020 g/mol. The summed E-state index contributed by atoms with van der Waals surface area (Å²) >= 11 is 0. The standard InChI is InChI=1S/2C19H19N7O6.Ba/c2*20-19-25-15-14(17(30)26-19)23-11(8-22-15)7-21-10-3-1-9(2-4-10)16(29)24-12(18(31)32)5-6-13(27)28;/h2*1-4,8,12,21H,5-7H2,(H,24,29)(H,27,28)(H,31,32)(H3,20,22,25,26,30);/q;;+2/p-2/t2*12-;/m00./s1. The molecular weight excluding hydrogens is 982 g/mol. The molecule has 0 aliphatic carbocycles. The molecule has 12 N–H and O–H groups in total. The summed E-state index contributed by atoms with van der Waals surface area (Å²) in [6.07, 6.45) is 1.32. The first-order valence-corrected chi connectivity index (χ1v) is 18.6. The van der Waals surface area contributed by atoms with Gasteiger partial charge >= 0.3 is 60.8 Å². The van der Waals surface area contributed by atoms with Crippen LogP contribution >= 0.6 is 0 Å².